The lowest BCUT2D eigenvalue weighted by Gasteiger charge is -2.16. The average molecular weight is 433 g/mol. The number of carbonyl (C=O) groups is 1. The number of ether oxygens (including phenoxy) is 1. The van der Waals surface area contributed by atoms with Crippen LogP contribution in [0.2, 0.25) is 0 Å². The van der Waals surface area contributed by atoms with Crippen LogP contribution >= 0.6 is 43.2 Å². The molecule has 0 spiro atoms. The second-order valence-electron chi connectivity index (χ2n) is 4.48. The van der Waals surface area contributed by atoms with Gasteiger partial charge in [0, 0.05) is 20.4 Å². The van der Waals surface area contributed by atoms with Gasteiger partial charge in [-0.15, -0.1) is 11.3 Å². The Morgan fingerprint density at radius 2 is 2.14 bits per heavy atom. The van der Waals surface area contributed by atoms with E-state index in [2.05, 4.69) is 43.2 Å². The zero-order valence-electron chi connectivity index (χ0n) is 11.4. The van der Waals surface area contributed by atoms with Crippen molar-refractivity contribution in [2.45, 2.75) is 19.0 Å². The first-order valence-corrected chi connectivity index (χ1v) is 8.84. The summed E-state index contributed by atoms with van der Waals surface area (Å²) < 4.78 is 6.82. The van der Waals surface area contributed by atoms with Crippen molar-refractivity contribution >= 4 is 49.2 Å². The Hall–Kier alpha value is -0.690. The van der Waals surface area contributed by atoms with Gasteiger partial charge in [0.2, 0.25) is 0 Å². The van der Waals surface area contributed by atoms with Crippen LogP contribution in [0.1, 0.15) is 22.9 Å². The van der Waals surface area contributed by atoms with E-state index in [4.69, 9.17) is 4.74 Å². The number of esters is 1. The van der Waals surface area contributed by atoms with Crippen molar-refractivity contribution < 1.29 is 9.53 Å². The first kappa shape index (κ1) is 16.7. The Bertz CT molecular complexity index is 602. The lowest BCUT2D eigenvalue weighted by molar-refractivity contribution is -0.141. The maximum absolute atomic E-state index is 11.6. The minimum absolute atomic E-state index is 0.0279. The molecule has 3 nitrogen and oxygen atoms in total. The van der Waals surface area contributed by atoms with E-state index in [9.17, 15) is 4.79 Å². The van der Waals surface area contributed by atoms with E-state index in [1.165, 1.54) is 7.11 Å². The summed E-state index contributed by atoms with van der Waals surface area (Å²) in [6.45, 7) is 0.686. The summed E-state index contributed by atoms with van der Waals surface area (Å²) in [5, 5.41) is 5.44. The summed E-state index contributed by atoms with van der Waals surface area (Å²) in [5.74, 6) is -0.210. The molecule has 112 valence electrons. The molecular weight excluding hydrogens is 418 g/mol. The van der Waals surface area contributed by atoms with Crippen LogP contribution in [0, 0.1) is 0 Å². The normalized spacial score (nSPS) is 12.1. The largest absolute Gasteiger partial charge is 0.469 e. The Kier molecular flexibility index (Phi) is 6.41. The number of methoxy groups -OCH3 is 1. The molecule has 6 heteroatoms. The van der Waals surface area contributed by atoms with Crippen molar-refractivity contribution in [1.29, 1.82) is 0 Å². The van der Waals surface area contributed by atoms with Gasteiger partial charge >= 0.3 is 5.97 Å². The first-order valence-electron chi connectivity index (χ1n) is 6.37. The molecule has 0 fully saturated rings. The molecule has 1 aromatic carbocycles. The first-order chi connectivity index (χ1) is 10.1. The van der Waals surface area contributed by atoms with Crippen molar-refractivity contribution in [1.82, 2.24) is 5.32 Å². The minimum Gasteiger partial charge on any atom is -0.469 e. The van der Waals surface area contributed by atoms with Gasteiger partial charge in [0.05, 0.1) is 19.6 Å². The third-order valence-electron chi connectivity index (χ3n) is 3.02. The van der Waals surface area contributed by atoms with E-state index in [0.717, 1.165) is 19.4 Å². The summed E-state index contributed by atoms with van der Waals surface area (Å²) >= 11 is 8.59. The number of thiophene rings is 1. The summed E-state index contributed by atoms with van der Waals surface area (Å²) in [6, 6.07) is 10.1. The van der Waals surface area contributed by atoms with Crippen molar-refractivity contribution in [3.8, 4) is 0 Å². The standard InChI is InChI=1S/C15H15Br2NO2S/c1-20-15(19)8-13(14-3-2-6-21-14)18-9-10-4-5-11(16)12(17)7-10/h2-7,13,18H,8-9H2,1H3. The predicted molar refractivity (Wildman–Crippen MR) is 92.4 cm³/mol. The number of hydrogen-bond acceptors (Lipinski definition) is 4. The van der Waals surface area contributed by atoms with Crippen LogP contribution in [0.25, 0.3) is 0 Å². The molecule has 1 N–H and O–H groups in total. The fourth-order valence-electron chi connectivity index (χ4n) is 1.90. The van der Waals surface area contributed by atoms with Gasteiger partial charge in [-0.2, -0.15) is 0 Å². The van der Waals surface area contributed by atoms with Crippen LogP contribution in [0.15, 0.2) is 44.7 Å². The van der Waals surface area contributed by atoms with E-state index < -0.39 is 0 Å². The van der Waals surface area contributed by atoms with Gasteiger partial charge in [-0.1, -0.05) is 12.1 Å². The van der Waals surface area contributed by atoms with Gasteiger partial charge in [-0.25, -0.2) is 0 Å². The molecule has 1 aromatic heterocycles. The highest BCUT2D eigenvalue weighted by Crippen LogP contribution is 2.26. The number of halogens is 2. The van der Waals surface area contributed by atoms with Gasteiger partial charge in [-0.3, -0.25) is 4.79 Å². The Labute approximate surface area is 145 Å². The molecule has 0 aliphatic carbocycles. The second-order valence-corrected chi connectivity index (χ2v) is 7.17. The van der Waals surface area contributed by atoms with Gasteiger partial charge < -0.3 is 10.1 Å². The van der Waals surface area contributed by atoms with E-state index in [0.29, 0.717) is 13.0 Å². The summed E-state index contributed by atoms with van der Waals surface area (Å²) in [6.07, 6.45) is 0.328. The van der Waals surface area contributed by atoms with Crippen molar-refractivity contribution in [2.75, 3.05) is 7.11 Å². The topological polar surface area (TPSA) is 38.3 Å². The highest BCUT2D eigenvalue weighted by molar-refractivity contribution is 9.13. The second kappa shape index (κ2) is 8.08. The van der Waals surface area contributed by atoms with Crippen molar-refractivity contribution in [2.24, 2.45) is 0 Å². The summed E-state index contributed by atoms with van der Waals surface area (Å²) in [5.41, 5.74) is 1.15. The minimum atomic E-state index is -0.210. The van der Waals surface area contributed by atoms with Crippen LogP contribution in [-0.4, -0.2) is 13.1 Å². The molecule has 0 aliphatic heterocycles. The van der Waals surface area contributed by atoms with Gasteiger partial charge in [0.15, 0.2) is 0 Å². The number of rotatable bonds is 6. The third kappa shape index (κ3) is 4.92. The zero-order chi connectivity index (χ0) is 15.2. The van der Waals surface area contributed by atoms with Gasteiger partial charge in [-0.05, 0) is 61.0 Å². The molecule has 2 aromatic rings. The number of hydrogen-bond donors (Lipinski definition) is 1. The number of nitrogens with one attached hydrogen (secondary N) is 1. The van der Waals surface area contributed by atoms with Crippen LogP contribution in [0.3, 0.4) is 0 Å². The van der Waals surface area contributed by atoms with Crippen molar-refractivity contribution in [3.63, 3.8) is 0 Å². The maximum Gasteiger partial charge on any atom is 0.307 e. The Morgan fingerprint density at radius 3 is 2.76 bits per heavy atom. The SMILES string of the molecule is COC(=O)CC(NCc1ccc(Br)c(Br)c1)c1cccs1. The predicted octanol–water partition coefficient (Wildman–Crippen LogP) is 4.67. The fraction of sp³-hybridized carbons (Fsp3) is 0.267. The van der Waals surface area contributed by atoms with Crippen LogP contribution in [0.4, 0.5) is 0 Å². The van der Waals surface area contributed by atoms with Crippen LogP contribution < -0.4 is 5.32 Å². The summed E-state index contributed by atoms with van der Waals surface area (Å²) in [7, 11) is 1.42. The maximum atomic E-state index is 11.6. The molecule has 0 saturated heterocycles. The Balaban J connectivity index is 2.04. The lowest BCUT2D eigenvalue weighted by Crippen LogP contribution is -2.23. The molecule has 0 aliphatic rings. The average Bonchev–Trinajstić information content (AvgIpc) is 3.00. The smallest absolute Gasteiger partial charge is 0.307 e. The third-order valence-corrected chi connectivity index (χ3v) is 5.89. The lowest BCUT2D eigenvalue weighted by atomic mass is 10.1. The number of carbonyl (C=O) groups excluding carboxylic acids is 1. The Morgan fingerprint density at radius 1 is 1.33 bits per heavy atom. The molecular formula is C15H15Br2NO2S. The molecule has 1 atom stereocenters. The van der Waals surface area contributed by atoms with E-state index in [-0.39, 0.29) is 12.0 Å². The quantitative estimate of drug-likeness (QED) is 0.674. The molecule has 2 rings (SSSR count). The van der Waals surface area contributed by atoms with Crippen LogP contribution in [0.5, 0.6) is 0 Å². The van der Waals surface area contributed by atoms with E-state index >= 15 is 0 Å². The van der Waals surface area contributed by atoms with E-state index in [1.54, 1.807) is 11.3 Å². The summed E-state index contributed by atoms with van der Waals surface area (Å²) in [4.78, 5) is 12.7. The van der Waals surface area contributed by atoms with Crippen molar-refractivity contribution in [3.05, 3.63) is 55.1 Å². The van der Waals surface area contributed by atoms with Gasteiger partial charge in [0.1, 0.15) is 0 Å². The monoisotopic (exact) mass is 431 g/mol. The fourth-order valence-corrected chi connectivity index (χ4v) is 3.38. The zero-order valence-corrected chi connectivity index (χ0v) is 15.4. The molecule has 1 unspecified atom stereocenters. The van der Waals surface area contributed by atoms with Crippen LogP contribution in [-0.2, 0) is 16.1 Å². The highest BCUT2D eigenvalue weighted by Gasteiger charge is 2.17. The number of benzene rings is 1. The molecule has 0 amide bonds. The van der Waals surface area contributed by atoms with Gasteiger partial charge in [0.25, 0.3) is 0 Å². The van der Waals surface area contributed by atoms with E-state index in [1.807, 2.05) is 29.6 Å². The highest BCUT2D eigenvalue weighted by atomic mass is 79.9. The molecule has 1 heterocycles. The molecule has 0 radical (unpaired) electrons. The molecule has 21 heavy (non-hydrogen) atoms. The molecule has 0 bridgehead atoms. The molecule has 0 saturated carbocycles.